The zero-order valence-electron chi connectivity index (χ0n) is 13.5. The van der Waals surface area contributed by atoms with Crippen molar-refractivity contribution in [3.63, 3.8) is 0 Å². The third-order valence-corrected chi connectivity index (χ3v) is 3.02. The number of amides is 2. The SMILES string of the molecule is CCCN(CCC(C)(C)C)C(=O)NCCCC(C)N. The van der Waals surface area contributed by atoms with E-state index in [4.69, 9.17) is 5.73 Å². The third kappa shape index (κ3) is 10.8. The van der Waals surface area contributed by atoms with Gasteiger partial charge in [0.05, 0.1) is 0 Å². The molecule has 0 aliphatic heterocycles. The second-order valence-electron chi connectivity index (χ2n) is 6.65. The lowest BCUT2D eigenvalue weighted by Crippen LogP contribution is -2.42. The normalized spacial score (nSPS) is 13.2. The number of hydrogen-bond donors (Lipinski definition) is 2. The maximum absolute atomic E-state index is 12.1. The fraction of sp³-hybridized carbons (Fsp3) is 0.933. The van der Waals surface area contributed by atoms with Crippen molar-refractivity contribution in [1.82, 2.24) is 10.2 Å². The molecule has 114 valence electrons. The molecule has 1 atom stereocenters. The Morgan fingerprint density at radius 3 is 2.42 bits per heavy atom. The van der Waals surface area contributed by atoms with Crippen LogP contribution in [0.5, 0.6) is 0 Å². The fourth-order valence-corrected chi connectivity index (χ4v) is 1.79. The molecule has 0 aromatic rings. The lowest BCUT2D eigenvalue weighted by molar-refractivity contribution is 0.188. The Morgan fingerprint density at radius 1 is 1.32 bits per heavy atom. The second kappa shape index (κ2) is 9.18. The standard InChI is InChI=1S/C15H33N3O/c1-6-11-18(12-9-15(3,4)5)14(19)17-10-7-8-13(2)16/h13H,6-12,16H2,1-5H3,(H,17,19). The molecule has 2 amide bonds. The topological polar surface area (TPSA) is 58.4 Å². The Bertz CT molecular complexity index is 246. The number of carbonyl (C=O) groups excluding carboxylic acids is 1. The summed E-state index contributed by atoms with van der Waals surface area (Å²) in [7, 11) is 0. The highest BCUT2D eigenvalue weighted by Gasteiger charge is 2.16. The van der Waals surface area contributed by atoms with Gasteiger partial charge in [-0.05, 0) is 38.0 Å². The van der Waals surface area contributed by atoms with Crippen LogP contribution in [0, 0.1) is 5.41 Å². The van der Waals surface area contributed by atoms with E-state index in [1.54, 1.807) is 0 Å². The summed E-state index contributed by atoms with van der Waals surface area (Å²) < 4.78 is 0. The first-order chi connectivity index (χ1) is 8.76. The first-order valence-electron chi connectivity index (χ1n) is 7.54. The molecule has 0 aliphatic rings. The number of rotatable bonds is 8. The minimum atomic E-state index is 0.0655. The average Bonchev–Trinajstić information content (AvgIpc) is 2.28. The fourth-order valence-electron chi connectivity index (χ4n) is 1.79. The van der Waals surface area contributed by atoms with Gasteiger partial charge in [-0.2, -0.15) is 0 Å². The highest BCUT2D eigenvalue weighted by atomic mass is 16.2. The van der Waals surface area contributed by atoms with E-state index in [-0.39, 0.29) is 17.5 Å². The van der Waals surface area contributed by atoms with Gasteiger partial charge in [-0.15, -0.1) is 0 Å². The van der Waals surface area contributed by atoms with Crippen LogP contribution < -0.4 is 11.1 Å². The van der Waals surface area contributed by atoms with Gasteiger partial charge in [0.25, 0.3) is 0 Å². The van der Waals surface area contributed by atoms with Gasteiger partial charge in [0, 0.05) is 25.7 Å². The van der Waals surface area contributed by atoms with Gasteiger partial charge in [-0.25, -0.2) is 4.79 Å². The number of nitrogens with one attached hydrogen (secondary N) is 1. The van der Waals surface area contributed by atoms with Crippen molar-refractivity contribution in [2.75, 3.05) is 19.6 Å². The summed E-state index contributed by atoms with van der Waals surface area (Å²) in [4.78, 5) is 14.0. The van der Waals surface area contributed by atoms with E-state index in [2.05, 4.69) is 33.0 Å². The molecule has 0 fully saturated rings. The van der Waals surface area contributed by atoms with Crippen LogP contribution >= 0.6 is 0 Å². The quantitative estimate of drug-likeness (QED) is 0.667. The van der Waals surface area contributed by atoms with Gasteiger partial charge >= 0.3 is 6.03 Å². The molecule has 0 aromatic carbocycles. The van der Waals surface area contributed by atoms with Crippen LogP contribution in [0.4, 0.5) is 4.79 Å². The molecule has 0 saturated carbocycles. The molecular weight excluding hydrogens is 238 g/mol. The van der Waals surface area contributed by atoms with Crippen molar-refractivity contribution in [3.8, 4) is 0 Å². The monoisotopic (exact) mass is 271 g/mol. The maximum atomic E-state index is 12.1. The molecule has 0 spiro atoms. The van der Waals surface area contributed by atoms with Gasteiger partial charge in [0.2, 0.25) is 0 Å². The number of urea groups is 1. The number of nitrogens with zero attached hydrogens (tertiary/aromatic N) is 1. The largest absolute Gasteiger partial charge is 0.338 e. The first-order valence-corrected chi connectivity index (χ1v) is 7.54. The Balaban J connectivity index is 4.04. The van der Waals surface area contributed by atoms with E-state index in [9.17, 15) is 4.79 Å². The van der Waals surface area contributed by atoms with Crippen LogP contribution in [-0.2, 0) is 0 Å². The minimum absolute atomic E-state index is 0.0655. The van der Waals surface area contributed by atoms with Crippen molar-refractivity contribution >= 4 is 6.03 Å². The molecule has 1 unspecified atom stereocenters. The molecule has 0 rings (SSSR count). The lowest BCUT2D eigenvalue weighted by Gasteiger charge is -2.27. The van der Waals surface area contributed by atoms with Gasteiger partial charge in [0.15, 0.2) is 0 Å². The first kappa shape index (κ1) is 18.2. The van der Waals surface area contributed by atoms with Gasteiger partial charge < -0.3 is 16.0 Å². The summed E-state index contributed by atoms with van der Waals surface area (Å²) in [6.07, 6.45) is 3.93. The molecule has 4 heteroatoms. The Hall–Kier alpha value is -0.770. The van der Waals surface area contributed by atoms with E-state index < -0.39 is 0 Å². The Morgan fingerprint density at radius 2 is 1.95 bits per heavy atom. The molecule has 19 heavy (non-hydrogen) atoms. The van der Waals surface area contributed by atoms with Gasteiger partial charge in [-0.3, -0.25) is 0 Å². The van der Waals surface area contributed by atoms with Crippen molar-refractivity contribution < 1.29 is 4.79 Å². The maximum Gasteiger partial charge on any atom is 0.317 e. The molecule has 0 heterocycles. The zero-order valence-corrected chi connectivity index (χ0v) is 13.5. The highest BCUT2D eigenvalue weighted by Crippen LogP contribution is 2.18. The Labute approximate surface area is 119 Å². The molecule has 0 bridgehead atoms. The van der Waals surface area contributed by atoms with Gasteiger partial charge in [0.1, 0.15) is 0 Å². The predicted molar refractivity (Wildman–Crippen MR) is 82.2 cm³/mol. The smallest absolute Gasteiger partial charge is 0.317 e. The number of carbonyl (C=O) groups is 1. The van der Waals surface area contributed by atoms with Crippen molar-refractivity contribution in [2.45, 2.75) is 66.3 Å². The minimum Gasteiger partial charge on any atom is -0.338 e. The molecule has 0 aliphatic carbocycles. The van der Waals surface area contributed by atoms with Crippen molar-refractivity contribution in [3.05, 3.63) is 0 Å². The van der Waals surface area contributed by atoms with E-state index in [1.165, 1.54) is 0 Å². The summed E-state index contributed by atoms with van der Waals surface area (Å²) in [6.45, 7) is 13.1. The average molecular weight is 271 g/mol. The lowest BCUT2D eigenvalue weighted by atomic mass is 9.92. The van der Waals surface area contributed by atoms with E-state index in [0.717, 1.165) is 45.3 Å². The molecule has 4 nitrogen and oxygen atoms in total. The van der Waals surface area contributed by atoms with Crippen LogP contribution in [0.15, 0.2) is 0 Å². The highest BCUT2D eigenvalue weighted by molar-refractivity contribution is 5.74. The van der Waals surface area contributed by atoms with Crippen LogP contribution in [0.3, 0.4) is 0 Å². The van der Waals surface area contributed by atoms with E-state index in [1.807, 2.05) is 11.8 Å². The summed E-state index contributed by atoms with van der Waals surface area (Å²) >= 11 is 0. The summed E-state index contributed by atoms with van der Waals surface area (Å²) in [5.74, 6) is 0. The van der Waals surface area contributed by atoms with E-state index >= 15 is 0 Å². The van der Waals surface area contributed by atoms with Crippen LogP contribution in [-0.4, -0.2) is 36.6 Å². The molecule has 0 saturated heterocycles. The zero-order chi connectivity index (χ0) is 14.9. The summed E-state index contributed by atoms with van der Waals surface area (Å²) in [6, 6.07) is 0.278. The summed E-state index contributed by atoms with van der Waals surface area (Å²) in [5.41, 5.74) is 5.95. The van der Waals surface area contributed by atoms with E-state index in [0.29, 0.717) is 0 Å². The van der Waals surface area contributed by atoms with Crippen LogP contribution in [0.1, 0.15) is 60.3 Å². The molecular formula is C15H33N3O. The third-order valence-electron chi connectivity index (χ3n) is 3.02. The number of nitrogens with two attached hydrogens (primary N) is 1. The predicted octanol–water partition coefficient (Wildman–Crippen LogP) is 2.97. The van der Waals surface area contributed by atoms with Gasteiger partial charge in [-0.1, -0.05) is 27.7 Å². The second-order valence-corrected chi connectivity index (χ2v) is 6.65. The van der Waals surface area contributed by atoms with Crippen LogP contribution in [0.25, 0.3) is 0 Å². The molecule has 3 N–H and O–H groups in total. The molecule has 0 aromatic heterocycles. The van der Waals surface area contributed by atoms with Crippen molar-refractivity contribution in [2.24, 2.45) is 11.1 Å². The van der Waals surface area contributed by atoms with Crippen LogP contribution in [0.2, 0.25) is 0 Å². The van der Waals surface area contributed by atoms with Crippen molar-refractivity contribution in [1.29, 1.82) is 0 Å². The number of hydrogen-bond acceptors (Lipinski definition) is 2. The Kier molecular flexibility index (Phi) is 8.81. The summed E-state index contributed by atoms with van der Waals surface area (Å²) in [5, 5.41) is 2.99. The molecule has 0 radical (unpaired) electrons.